The number of imide groups is 1. The van der Waals surface area contributed by atoms with Crippen LogP contribution in [-0.2, 0) is 11.2 Å². The third kappa shape index (κ3) is 6.82. The summed E-state index contributed by atoms with van der Waals surface area (Å²) in [6, 6.07) is 8.31. The van der Waals surface area contributed by atoms with E-state index in [4.69, 9.17) is 0 Å². The Hall–Kier alpha value is -1.88. The Morgan fingerprint density at radius 2 is 1.78 bits per heavy atom. The second-order valence-corrected chi connectivity index (χ2v) is 6.11. The van der Waals surface area contributed by atoms with Crippen molar-refractivity contribution >= 4 is 11.9 Å². The van der Waals surface area contributed by atoms with Gasteiger partial charge in [-0.2, -0.15) is 0 Å². The van der Waals surface area contributed by atoms with Crippen molar-refractivity contribution in [3.05, 3.63) is 35.4 Å². The normalized spacial score (nSPS) is 12.0. The summed E-state index contributed by atoms with van der Waals surface area (Å²) in [6.07, 6.45) is 1.86. The van der Waals surface area contributed by atoms with Gasteiger partial charge in [0.2, 0.25) is 0 Å². The van der Waals surface area contributed by atoms with Crippen molar-refractivity contribution in [2.24, 2.45) is 5.92 Å². The summed E-state index contributed by atoms with van der Waals surface area (Å²) in [5.74, 6) is 0.124. The van der Waals surface area contributed by atoms with Gasteiger partial charge in [0.25, 0.3) is 5.91 Å². The van der Waals surface area contributed by atoms with Gasteiger partial charge in [0.15, 0.2) is 6.54 Å². The molecule has 1 atom stereocenters. The van der Waals surface area contributed by atoms with Crippen LogP contribution in [0.15, 0.2) is 24.3 Å². The number of quaternary nitrogens is 1. The Bertz CT molecular complexity index is 497. The highest BCUT2D eigenvalue weighted by atomic mass is 16.2. The van der Waals surface area contributed by atoms with Crippen LogP contribution in [0.25, 0.3) is 0 Å². The van der Waals surface area contributed by atoms with Gasteiger partial charge in [-0.1, -0.05) is 52.0 Å². The van der Waals surface area contributed by atoms with Crippen LogP contribution in [0.2, 0.25) is 0 Å². The van der Waals surface area contributed by atoms with E-state index in [1.165, 1.54) is 11.1 Å². The molecule has 0 aliphatic carbocycles. The highest BCUT2D eigenvalue weighted by Gasteiger charge is 2.21. The number of carbonyl (C=O) groups is 2. The quantitative estimate of drug-likeness (QED) is 0.682. The van der Waals surface area contributed by atoms with Gasteiger partial charge in [-0.3, -0.25) is 10.1 Å². The van der Waals surface area contributed by atoms with E-state index in [1.54, 1.807) is 0 Å². The fraction of sp³-hybridized carbons (Fsp3) is 0.556. The molecule has 5 nitrogen and oxygen atoms in total. The first-order valence-electron chi connectivity index (χ1n) is 8.47. The number of nitrogens with two attached hydrogens (primary N) is 1. The Morgan fingerprint density at radius 1 is 1.13 bits per heavy atom. The Labute approximate surface area is 139 Å². The summed E-state index contributed by atoms with van der Waals surface area (Å²) in [7, 11) is 0. The molecule has 0 saturated heterocycles. The van der Waals surface area contributed by atoms with Gasteiger partial charge in [0.1, 0.15) is 6.04 Å². The average molecular weight is 320 g/mol. The first-order valence-corrected chi connectivity index (χ1v) is 8.47. The minimum atomic E-state index is -0.418. The Morgan fingerprint density at radius 3 is 2.30 bits per heavy atom. The van der Waals surface area contributed by atoms with Gasteiger partial charge < -0.3 is 10.6 Å². The molecule has 0 aliphatic rings. The molecule has 0 unspecified atom stereocenters. The zero-order valence-corrected chi connectivity index (χ0v) is 14.7. The number of hydrogen-bond donors (Lipinski definition) is 3. The van der Waals surface area contributed by atoms with E-state index >= 15 is 0 Å². The molecule has 1 aromatic carbocycles. The first kappa shape index (κ1) is 19.2. The highest BCUT2D eigenvalue weighted by molar-refractivity contribution is 5.94. The Kier molecular flexibility index (Phi) is 8.33. The van der Waals surface area contributed by atoms with Crippen molar-refractivity contribution in [1.82, 2.24) is 10.6 Å². The molecule has 1 aromatic rings. The maximum Gasteiger partial charge on any atom is 0.321 e. The second-order valence-electron chi connectivity index (χ2n) is 6.11. The number of amides is 3. The summed E-state index contributed by atoms with van der Waals surface area (Å²) in [6.45, 7) is 9.18. The van der Waals surface area contributed by atoms with Gasteiger partial charge in [-0.15, -0.1) is 0 Å². The zero-order chi connectivity index (χ0) is 17.2. The molecule has 3 amide bonds. The molecule has 128 valence electrons. The van der Waals surface area contributed by atoms with Gasteiger partial charge in [0, 0.05) is 18.0 Å². The lowest BCUT2D eigenvalue weighted by Crippen LogP contribution is -2.88. The van der Waals surface area contributed by atoms with E-state index in [-0.39, 0.29) is 18.5 Å². The molecule has 4 N–H and O–H groups in total. The molecule has 0 aromatic heterocycles. The third-order valence-corrected chi connectivity index (χ3v) is 3.84. The van der Waals surface area contributed by atoms with Crippen LogP contribution < -0.4 is 16.0 Å². The van der Waals surface area contributed by atoms with Gasteiger partial charge in [-0.25, -0.2) is 4.79 Å². The molecule has 5 heteroatoms. The molecule has 0 aliphatic heterocycles. The minimum Gasteiger partial charge on any atom is -0.338 e. The van der Waals surface area contributed by atoms with E-state index in [1.807, 2.05) is 12.2 Å². The lowest BCUT2D eigenvalue weighted by molar-refractivity contribution is -0.692. The largest absolute Gasteiger partial charge is 0.338 e. The smallest absolute Gasteiger partial charge is 0.321 e. The van der Waals surface area contributed by atoms with E-state index in [9.17, 15) is 9.59 Å². The topological polar surface area (TPSA) is 74.8 Å². The summed E-state index contributed by atoms with van der Waals surface area (Å²) in [5, 5.41) is 6.99. The summed E-state index contributed by atoms with van der Waals surface area (Å²) in [5.41, 5.74) is 2.52. The van der Waals surface area contributed by atoms with E-state index < -0.39 is 6.03 Å². The third-order valence-electron chi connectivity index (χ3n) is 3.84. The van der Waals surface area contributed by atoms with Crippen molar-refractivity contribution in [2.75, 3.05) is 13.1 Å². The molecular weight excluding hydrogens is 290 g/mol. The molecule has 1 rings (SSSR count). The van der Waals surface area contributed by atoms with Crippen molar-refractivity contribution in [3.8, 4) is 0 Å². The molecule has 0 saturated carbocycles. The molecule has 0 fully saturated rings. The predicted octanol–water partition coefficient (Wildman–Crippen LogP) is 1.75. The van der Waals surface area contributed by atoms with E-state index in [0.29, 0.717) is 12.5 Å². The lowest BCUT2D eigenvalue weighted by atomic mass is 9.95. The van der Waals surface area contributed by atoms with Crippen LogP contribution in [0.5, 0.6) is 0 Å². The molecule has 0 radical (unpaired) electrons. The number of carbonyl (C=O) groups excluding carboxylic acids is 2. The number of hydrogen-bond acceptors (Lipinski definition) is 2. The monoisotopic (exact) mass is 320 g/mol. The average Bonchev–Trinajstić information content (AvgIpc) is 2.53. The first-order chi connectivity index (χ1) is 11.0. The number of benzene rings is 1. The van der Waals surface area contributed by atoms with Crippen LogP contribution in [0, 0.1) is 5.92 Å². The summed E-state index contributed by atoms with van der Waals surface area (Å²) < 4.78 is 0. The molecular formula is C18H30N3O2+. The van der Waals surface area contributed by atoms with E-state index in [2.05, 4.69) is 55.7 Å². The molecule has 0 spiro atoms. The highest BCUT2D eigenvalue weighted by Crippen LogP contribution is 2.18. The maximum absolute atomic E-state index is 11.9. The van der Waals surface area contributed by atoms with Crippen molar-refractivity contribution in [2.45, 2.75) is 46.6 Å². The second kappa shape index (κ2) is 10.0. The van der Waals surface area contributed by atoms with Crippen molar-refractivity contribution in [1.29, 1.82) is 0 Å². The van der Waals surface area contributed by atoms with E-state index in [0.717, 1.165) is 12.8 Å². The Balaban J connectivity index is 2.56. The van der Waals surface area contributed by atoms with Crippen LogP contribution >= 0.6 is 0 Å². The predicted molar refractivity (Wildman–Crippen MR) is 92.0 cm³/mol. The molecule has 0 bridgehead atoms. The molecule has 0 heterocycles. The maximum atomic E-state index is 11.9. The summed E-state index contributed by atoms with van der Waals surface area (Å²) >= 11 is 0. The fourth-order valence-corrected chi connectivity index (χ4v) is 2.46. The van der Waals surface area contributed by atoms with Gasteiger partial charge >= 0.3 is 6.03 Å². The molecule has 23 heavy (non-hydrogen) atoms. The number of rotatable bonds is 8. The van der Waals surface area contributed by atoms with Crippen molar-refractivity contribution < 1.29 is 14.9 Å². The number of aryl methyl sites for hydroxylation is 1. The van der Waals surface area contributed by atoms with Crippen LogP contribution in [-0.4, -0.2) is 25.0 Å². The van der Waals surface area contributed by atoms with Crippen LogP contribution in [0.1, 0.15) is 51.3 Å². The lowest BCUT2D eigenvalue weighted by Gasteiger charge is -2.19. The zero-order valence-electron chi connectivity index (χ0n) is 14.7. The van der Waals surface area contributed by atoms with Gasteiger partial charge in [-0.05, 0) is 18.4 Å². The van der Waals surface area contributed by atoms with Crippen molar-refractivity contribution in [3.63, 3.8) is 0 Å². The van der Waals surface area contributed by atoms with Crippen LogP contribution in [0.3, 0.4) is 0 Å². The SMILES string of the molecule is CCCNC(=O)NC(=O)C[NH2+][C@@H](c1ccc(CC)cc1)C(C)C. The fourth-order valence-electron chi connectivity index (χ4n) is 2.46. The summed E-state index contributed by atoms with van der Waals surface area (Å²) in [4.78, 5) is 23.3. The standard InChI is InChI=1S/C18H29N3O2/c1-5-11-19-18(23)21-16(22)12-20-17(13(3)4)15-9-7-14(6-2)8-10-15/h7-10,13,17,20H,5-6,11-12H2,1-4H3,(H2,19,21,22,23)/p+1/t17-/m1/s1. The minimum absolute atomic E-state index is 0.199. The van der Waals surface area contributed by atoms with Gasteiger partial charge in [0.05, 0.1) is 0 Å². The van der Waals surface area contributed by atoms with Crippen LogP contribution in [0.4, 0.5) is 4.79 Å². The number of nitrogens with one attached hydrogen (secondary N) is 2. The number of urea groups is 1.